The van der Waals surface area contributed by atoms with Crippen LogP contribution in [0.5, 0.6) is 0 Å². The van der Waals surface area contributed by atoms with Gasteiger partial charge in [-0.3, -0.25) is 4.90 Å². The maximum absolute atomic E-state index is 13.8. The number of likely N-dealkylation sites (tertiary alicyclic amines) is 1. The predicted molar refractivity (Wildman–Crippen MR) is 132 cm³/mol. The average molecular weight is 436 g/mol. The summed E-state index contributed by atoms with van der Waals surface area (Å²) in [5.41, 5.74) is 2.18. The molecule has 0 aliphatic carbocycles. The van der Waals surface area contributed by atoms with Crippen LogP contribution in [0.4, 0.5) is 4.39 Å². The van der Waals surface area contributed by atoms with Gasteiger partial charge in [0.1, 0.15) is 5.82 Å². The van der Waals surface area contributed by atoms with E-state index in [0.717, 1.165) is 38.3 Å². The zero-order valence-corrected chi connectivity index (χ0v) is 19.3. The molecular formula is C28H38FN3. The summed E-state index contributed by atoms with van der Waals surface area (Å²) in [5.74, 6) is -0.0778. The first-order valence-electron chi connectivity index (χ1n) is 12.5. The van der Waals surface area contributed by atoms with Crippen molar-refractivity contribution < 1.29 is 4.39 Å². The van der Waals surface area contributed by atoms with E-state index in [1.54, 1.807) is 12.1 Å². The van der Waals surface area contributed by atoms with Gasteiger partial charge in [0.25, 0.3) is 0 Å². The van der Waals surface area contributed by atoms with E-state index in [1.807, 2.05) is 12.1 Å². The molecule has 0 spiro atoms. The minimum atomic E-state index is -0.0778. The highest BCUT2D eigenvalue weighted by atomic mass is 19.1. The smallest absolute Gasteiger partial charge is 0.127 e. The zero-order chi connectivity index (χ0) is 22.0. The summed E-state index contributed by atoms with van der Waals surface area (Å²) in [4.78, 5) is 2.38. The molecule has 1 fully saturated rings. The Morgan fingerprint density at radius 2 is 1.53 bits per heavy atom. The van der Waals surface area contributed by atoms with Crippen LogP contribution < -0.4 is 5.32 Å². The van der Waals surface area contributed by atoms with Crippen molar-refractivity contribution in [3.05, 3.63) is 72.2 Å². The normalized spacial score (nSPS) is 15.5. The lowest BCUT2D eigenvalue weighted by Gasteiger charge is -2.32. The van der Waals surface area contributed by atoms with Gasteiger partial charge in [-0.1, -0.05) is 62.1 Å². The van der Waals surface area contributed by atoms with Gasteiger partial charge in [0.15, 0.2) is 0 Å². The van der Waals surface area contributed by atoms with E-state index in [9.17, 15) is 4.39 Å². The largest absolute Gasteiger partial charge is 0.347 e. The molecule has 0 bridgehead atoms. The molecule has 2 heterocycles. The number of nitrogens with one attached hydrogen (secondary N) is 1. The molecule has 1 N–H and O–H groups in total. The number of benzene rings is 2. The summed E-state index contributed by atoms with van der Waals surface area (Å²) >= 11 is 0. The number of halogens is 1. The number of aryl methyl sites for hydroxylation is 1. The van der Waals surface area contributed by atoms with Crippen molar-refractivity contribution in [3.8, 4) is 0 Å². The van der Waals surface area contributed by atoms with E-state index < -0.39 is 0 Å². The minimum Gasteiger partial charge on any atom is -0.347 e. The number of nitrogens with zero attached hydrogens (tertiary/aromatic N) is 2. The number of aromatic nitrogens is 1. The quantitative estimate of drug-likeness (QED) is 0.333. The molecule has 4 heteroatoms. The molecule has 1 saturated heterocycles. The number of para-hydroxylation sites is 1. The first-order chi connectivity index (χ1) is 15.8. The van der Waals surface area contributed by atoms with Gasteiger partial charge in [-0.25, -0.2) is 4.39 Å². The van der Waals surface area contributed by atoms with E-state index in [0.29, 0.717) is 6.04 Å². The van der Waals surface area contributed by atoms with Crippen LogP contribution in [0.1, 0.15) is 56.9 Å². The summed E-state index contributed by atoms with van der Waals surface area (Å²) in [7, 11) is 0. The van der Waals surface area contributed by atoms with E-state index in [1.165, 1.54) is 62.3 Å². The van der Waals surface area contributed by atoms with Crippen molar-refractivity contribution in [2.75, 3.05) is 19.6 Å². The van der Waals surface area contributed by atoms with Gasteiger partial charge < -0.3 is 9.88 Å². The molecule has 0 atom stereocenters. The van der Waals surface area contributed by atoms with Crippen LogP contribution in [0.2, 0.25) is 0 Å². The summed E-state index contributed by atoms with van der Waals surface area (Å²) in [5, 5.41) is 5.09. The van der Waals surface area contributed by atoms with Crippen LogP contribution in [-0.2, 0) is 13.1 Å². The third kappa shape index (κ3) is 6.66. The number of fused-ring (bicyclic) bond motifs is 1. The molecule has 3 nitrogen and oxygen atoms in total. The van der Waals surface area contributed by atoms with Crippen LogP contribution in [0, 0.1) is 5.82 Å². The van der Waals surface area contributed by atoms with Crippen molar-refractivity contribution in [2.45, 2.75) is 70.5 Å². The molecule has 4 rings (SSSR count). The highest BCUT2D eigenvalue weighted by Crippen LogP contribution is 2.17. The maximum Gasteiger partial charge on any atom is 0.127 e. The van der Waals surface area contributed by atoms with Crippen LogP contribution in [0.15, 0.2) is 60.8 Å². The van der Waals surface area contributed by atoms with Crippen molar-refractivity contribution in [1.29, 1.82) is 0 Å². The second kappa shape index (κ2) is 12.2. The Morgan fingerprint density at radius 1 is 0.812 bits per heavy atom. The molecule has 0 unspecified atom stereocenters. The van der Waals surface area contributed by atoms with Crippen LogP contribution in [0.25, 0.3) is 10.9 Å². The molecule has 32 heavy (non-hydrogen) atoms. The number of unbranched alkanes of at least 4 members (excludes halogenated alkanes) is 5. The fourth-order valence-electron chi connectivity index (χ4n) is 4.92. The molecule has 3 aromatic rings. The van der Waals surface area contributed by atoms with E-state index >= 15 is 0 Å². The van der Waals surface area contributed by atoms with Gasteiger partial charge in [-0.05, 0) is 68.9 Å². The molecule has 1 aliphatic heterocycles. The van der Waals surface area contributed by atoms with Crippen molar-refractivity contribution in [1.82, 2.24) is 14.8 Å². The van der Waals surface area contributed by atoms with Gasteiger partial charge >= 0.3 is 0 Å². The van der Waals surface area contributed by atoms with Gasteiger partial charge in [-0.2, -0.15) is 0 Å². The number of hydrogen-bond donors (Lipinski definition) is 1. The average Bonchev–Trinajstić information content (AvgIpc) is 3.23. The Labute approximate surface area is 192 Å². The Morgan fingerprint density at radius 3 is 2.38 bits per heavy atom. The van der Waals surface area contributed by atoms with E-state index in [-0.39, 0.29) is 5.82 Å². The summed E-state index contributed by atoms with van der Waals surface area (Å²) in [6, 6.07) is 18.6. The van der Waals surface area contributed by atoms with Crippen molar-refractivity contribution in [2.24, 2.45) is 0 Å². The molecule has 0 radical (unpaired) electrons. The molecule has 1 aromatic heterocycles. The lowest BCUT2D eigenvalue weighted by molar-refractivity contribution is 0.188. The van der Waals surface area contributed by atoms with Crippen molar-refractivity contribution >= 4 is 10.9 Å². The van der Waals surface area contributed by atoms with Crippen LogP contribution >= 0.6 is 0 Å². The Bertz CT molecular complexity index is 943. The fraction of sp³-hybridized carbons (Fsp3) is 0.500. The molecule has 172 valence electrons. The van der Waals surface area contributed by atoms with E-state index in [2.05, 4.69) is 51.3 Å². The van der Waals surface area contributed by atoms with Gasteiger partial charge in [0.2, 0.25) is 0 Å². The summed E-state index contributed by atoms with van der Waals surface area (Å²) in [6.07, 6.45) is 12.4. The number of hydrogen-bond acceptors (Lipinski definition) is 2. The summed E-state index contributed by atoms with van der Waals surface area (Å²) < 4.78 is 16.2. The minimum absolute atomic E-state index is 0.0778. The van der Waals surface area contributed by atoms with Crippen molar-refractivity contribution in [3.63, 3.8) is 0 Å². The first-order valence-corrected chi connectivity index (χ1v) is 12.5. The number of piperidine rings is 1. The number of rotatable bonds is 12. The van der Waals surface area contributed by atoms with Crippen LogP contribution in [-0.4, -0.2) is 35.1 Å². The first kappa shape index (κ1) is 23.0. The predicted octanol–water partition coefficient (Wildman–Crippen LogP) is 6.38. The van der Waals surface area contributed by atoms with E-state index in [4.69, 9.17) is 0 Å². The Hall–Kier alpha value is -2.17. The van der Waals surface area contributed by atoms with Gasteiger partial charge in [0.05, 0.1) is 0 Å². The fourth-order valence-corrected chi connectivity index (χ4v) is 4.92. The highest BCUT2D eigenvalue weighted by molar-refractivity contribution is 5.79. The monoisotopic (exact) mass is 435 g/mol. The highest BCUT2D eigenvalue weighted by Gasteiger charge is 2.19. The SMILES string of the molecule is Fc1ccccc1CN1CCC(NCCCCCCCCn2ccc3ccccc32)CC1. The molecule has 0 amide bonds. The third-order valence-electron chi connectivity index (χ3n) is 6.88. The van der Waals surface area contributed by atoms with Crippen LogP contribution in [0.3, 0.4) is 0 Å². The molecule has 0 saturated carbocycles. The Kier molecular flexibility index (Phi) is 8.75. The summed E-state index contributed by atoms with van der Waals surface area (Å²) in [6.45, 7) is 5.11. The standard InChI is InChI=1S/C28H38FN3/c29-27-13-7-5-12-25(27)23-31-20-16-26(17-21-31)30-18-9-3-1-2-4-10-19-32-22-15-24-11-6-8-14-28(24)32/h5-8,11-15,22,26,30H,1-4,9-10,16-21,23H2. The van der Waals surface area contributed by atoms with Gasteiger partial charge in [0, 0.05) is 36.4 Å². The zero-order valence-electron chi connectivity index (χ0n) is 19.3. The maximum atomic E-state index is 13.8. The Balaban J connectivity index is 1.000. The third-order valence-corrected chi connectivity index (χ3v) is 6.88. The lowest BCUT2D eigenvalue weighted by atomic mass is 10.0. The molecular weight excluding hydrogens is 397 g/mol. The topological polar surface area (TPSA) is 20.2 Å². The second-order valence-electron chi connectivity index (χ2n) is 9.29. The lowest BCUT2D eigenvalue weighted by Crippen LogP contribution is -2.42. The van der Waals surface area contributed by atoms with Gasteiger partial charge in [-0.15, -0.1) is 0 Å². The second-order valence-corrected chi connectivity index (χ2v) is 9.29. The molecule has 1 aliphatic rings. The molecule has 2 aromatic carbocycles.